The first-order valence-corrected chi connectivity index (χ1v) is 7.30. The molecule has 0 N–H and O–H groups in total. The van der Waals surface area contributed by atoms with Gasteiger partial charge in [0.15, 0.2) is 5.78 Å². The molecule has 0 atom stereocenters. The highest BCUT2D eigenvalue weighted by Gasteiger charge is 2.12. The fourth-order valence-electron chi connectivity index (χ4n) is 1.75. The third kappa shape index (κ3) is 3.06. The highest BCUT2D eigenvalue weighted by Crippen LogP contribution is 2.20. The number of halogens is 1. The number of Topliss-reactive ketones (excluding diaryl/α,β-unsaturated/α-hetero) is 1. The number of carbonyl (C=O) groups is 1. The maximum atomic E-state index is 12.2. The Hall–Kier alpha value is -1.00. The second kappa shape index (κ2) is 5.33. The normalized spacial score (nSPS) is 10.7. The van der Waals surface area contributed by atoms with E-state index in [1.165, 1.54) is 4.88 Å². The van der Waals surface area contributed by atoms with Gasteiger partial charge in [-0.25, -0.2) is 4.98 Å². The molecular weight excluding hydrogens is 310 g/mol. The van der Waals surface area contributed by atoms with Crippen molar-refractivity contribution in [3.8, 4) is 0 Å². The van der Waals surface area contributed by atoms with Crippen molar-refractivity contribution in [3.05, 3.63) is 49.4 Å². The van der Waals surface area contributed by atoms with Crippen molar-refractivity contribution in [3.63, 3.8) is 0 Å². The lowest BCUT2D eigenvalue weighted by molar-refractivity contribution is 0.0993. The van der Waals surface area contributed by atoms with Crippen LogP contribution in [0.3, 0.4) is 0 Å². The highest BCUT2D eigenvalue weighted by molar-refractivity contribution is 9.10. The van der Waals surface area contributed by atoms with E-state index in [0.717, 1.165) is 26.3 Å². The van der Waals surface area contributed by atoms with Crippen LogP contribution < -0.4 is 0 Å². The maximum absolute atomic E-state index is 12.2. The fraction of sp³-hybridized carbons (Fsp3) is 0.286. The Morgan fingerprint density at radius 1 is 1.28 bits per heavy atom. The topological polar surface area (TPSA) is 30.0 Å². The molecule has 2 rings (SSSR count). The van der Waals surface area contributed by atoms with Crippen LogP contribution in [0.5, 0.6) is 0 Å². The van der Waals surface area contributed by atoms with Crippen molar-refractivity contribution in [2.45, 2.75) is 27.2 Å². The van der Waals surface area contributed by atoms with Crippen LogP contribution in [-0.2, 0) is 6.42 Å². The number of hydrogen-bond acceptors (Lipinski definition) is 3. The number of aromatic nitrogens is 1. The lowest BCUT2D eigenvalue weighted by Gasteiger charge is -2.02. The molecule has 0 bridgehead atoms. The molecule has 2 aromatic rings. The van der Waals surface area contributed by atoms with Crippen LogP contribution in [0, 0.1) is 20.8 Å². The second-order valence-corrected chi connectivity index (χ2v) is 6.57. The van der Waals surface area contributed by atoms with Crippen LogP contribution >= 0.6 is 27.3 Å². The first kappa shape index (κ1) is 13.4. The molecular formula is C14H14BrNOS. The molecule has 2 nitrogen and oxygen atoms in total. The molecule has 0 amide bonds. The molecule has 0 saturated carbocycles. The minimum Gasteiger partial charge on any atom is -0.294 e. The first-order chi connectivity index (χ1) is 8.45. The van der Waals surface area contributed by atoms with E-state index in [9.17, 15) is 4.79 Å². The first-order valence-electron chi connectivity index (χ1n) is 5.69. The summed E-state index contributed by atoms with van der Waals surface area (Å²) in [6.07, 6.45) is 0.384. The summed E-state index contributed by atoms with van der Waals surface area (Å²) in [6, 6.07) is 5.78. The molecule has 1 aromatic heterocycles. The Morgan fingerprint density at radius 3 is 2.56 bits per heavy atom. The van der Waals surface area contributed by atoms with E-state index in [2.05, 4.69) is 20.9 Å². The van der Waals surface area contributed by atoms with Crippen molar-refractivity contribution < 1.29 is 4.79 Å². The van der Waals surface area contributed by atoms with Gasteiger partial charge >= 0.3 is 0 Å². The molecule has 0 unspecified atom stereocenters. The zero-order valence-electron chi connectivity index (χ0n) is 10.6. The van der Waals surface area contributed by atoms with Gasteiger partial charge in [-0.15, -0.1) is 11.3 Å². The summed E-state index contributed by atoms with van der Waals surface area (Å²) in [7, 11) is 0. The average Bonchev–Trinajstić information content (AvgIpc) is 2.56. The van der Waals surface area contributed by atoms with Gasteiger partial charge in [0.2, 0.25) is 0 Å². The van der Waals surface area contributed by atoms with Gasteiger partial charge in [0, 0.05) is 14.9 Å². The summed E-state index contributed by atoms with van der Waals surface area (Å²) >= 11 is 5.02. The van der Waals surface area contributed by atoms with Gasteiger partial charge in [0.25, 0.3) is 0 Å². The number of nitrogens with zero attached hydrogens (tertiary/aromatic N) is 1. The lowest BCUT2D eigenvalue weighted by Crippen LogP contribution is -2.03. The molecule has 0 aliphatic heterocycles. The standard InChI is InChI=1S/C14H14BrNOS/c1-8-4-11(6-12(15)5-8)13(17)7-14-16-9(2)10(3)18-14/h4-6H,7H2,1-3H3. The molecule has 18 heavy (non-hydrogen) atoms. The molecule has 0 radical (unpaired) electrons. The minimum atomic E-state index is 0.119. The molecule has 0 aliphatic rings. The predicted molar refractivity (Wildman–Crippen MR) is 78.5 cm³/mol. The maximum Gasteiger partial charge on any atom is 0.169 e. The van der Waals surface area contributed by atoms with Crippen molar-refractivity contribution in [2.24, 2.45) is 0 Å². The number of ketones is 1. The Bertz CT molecular complexity index is 564. The Balaban J connectivity index is 2.21. The fourth-order valence-corrected chi connectivity index (χ4v) is 3.29. The number of rotatable bonds is 3. The highest BCUT2D eigenvalue weighted by atomic mass is 79.9. The van der Waals surface area contributed by atoms with Crippen molar-refractivity contribution in [2.75, 3.05) is 0 Å². The second-order valence-electron chi connectivity index (χ2n) is 4.37. The minimum absolute atomic E-state index is 0.119. The molecule has 1 heterocycles. The quantitative estimate of drug-likeness (QED) is 0.790. The van der Waals surface area contributed by atoms with E-state index in [4.69, 9.17) is 0 Å². The molecule has 0 aliphatic carbocycles. The third-order valence-electron chi connectivity index (χ3n) is 2.75. The summed E-state index contributed by atoms with van der Waals surface area (Å²) < 4.78 is 0.942. The monoisotopic (exact) mass is 323 g/mol. The largest absolute Gasteiger partial charge is 0.294 e. The number of thiazole rings is 1. The van der Waals surface area contributed by atoms with Gasteiger partial charge in [-0.2, -0.15) is 0 Å². The van der Waals surface area contributed by atoms with Crippen LogP contribution in [0.25, 0.3) is 0 Å². The van der Waals surface area contributed by atoms with Crippen LogP contribution in [0.4, 0.5) is 0 Å². The summed E-state index contributed by atoms with van der Waals surface area (Å²) in [6.45, 7) is 5.99. The van der Waals surface area contributed by atoms with Gasteiger partial charge in [0.05, 0.1) is 12.1 Å². The Kier molecular flexibility index (Phi) is 3.97. The van der Waals surface area contributed by atoms with Crippen LogP contribution in [0.1, 0.15) is 31.5 Å². The van der Waals surface area contributed by atoms with Gasteiger partial charge in [-0.1, -0.05) is 15.9 Å². The van der Waals surface area contributed by atoms with E-state index in [0.29, 0.717) is 6.42 Å². The van der Waals surface area contributed by atoms with Crippen molar-refractivity contribution >= 4 is 33.0 Å². The molecule has 1 aromatic carbocycles. The van der Waals surface area contributed by atoms with Gasteiger partial charge in [0.1, 0.15) is 5.01 Å². The van der Waals surface area contributed by atoms with E-state index in [-0.39, 0.29) is 5.78 Å². The van der Waals surface area contributed by atoms with Gasteiger partial charge in [-0.3, -0.25) is 4.79 Å². The van der Waals surface area contributed by atoms with Gasteiger partial charge < -0.3 is 0 Å². The number of carbonyl (C=O) groups excluding carboxylic acids is 1. The van der Waals surface area contributed by atoms with E-state index < -0.39 is 0 Å². The van der Waals surface area contributed by atoms with E-state index in [1.54, 1.807) is 11.3 Å². The number of benzene rings is 1. The smallest absolute Gasteiger partial charge is 0.169 e. The Morgan fingerprint density at radius 2 is 2.00 bits per heavy atom. The predicted octanol–water partition coefficient (Wildman–Crippen LogP) is 4.26. The number of hydrogen-bond donors (Lipinski definition) is 0. The van der Waals surface area contributed by atoms with Crippen LogP contribution in [0.15, 0.2) is 22.7 Å². The van der Waals surface area contributed by atoms with Crippen molar-refractivity contribution in [1.29, 1.82) is 0 Å². The van der Waals surface area contributed by atoms with Crippen molar-refractivity contribution in [1.82, 2.24) is 4.98 Å². The lowest BCUT2D eigenvalue weighted by atomic mass is 10.1. The summed E-state index contributed by atoms with van der Waals surface area (Å²) in [5, 5.41) is 0.896. The zero-order valence-corrected chi connectivity index (χ0v) is 13.0. The van der Waals surface area contributed by atoms with E-state index in [1.807, 2.05) is 39.0 Å². The van der Waals surface area contributed by atoms with Gasteiger partial charge in [-0.05, 0) is 44.5 Å². The summed E-state index contributed by atoms with van der Waals surface area (Å²) in [4.78, 5) is 17.8. The Labute approximate surface area is 119 Å². The number of aryl methyl sites for hydroxylation is 3. The summed E-state index contributed by atoms with van der Waals surface area (Å²) in [5.41, 5.74) is 2.85. The summed E-state index contributed by atoms with van der Waals surface area (Å²) in [5.74, 6) is 0.119. The molecule has 4 heteroatoms. The van der Waals surface area contributed by atoms with Crippen LogP contribution in [-0.4, -0.2) is 10.8 Å². The zero-order chi connectivity index (χ0) is 13.3. The molecule has 0 fully saturated rings. The average molecular weight is 324 g/mol. The SMILES string of the molecule is Cc1cc(Br)cc(C(=O)Cc2nc(C)c(C)s2)c1. The molecule has 94 valence electrons. The van der Waals surface area contributed by atoms with E-state index >= 15 is 0 Å². The van der Waals surface area contributed by atoms with Crippen LogP contribution in [0.2, 0.25) is 0 Å². The third-order valence-corrected chi connectivity index (χ3v) is 4.28. The molecule has 0 saturated heterocycles. The molecule has 0 spiro atoms.